The lowest BCUT2D eigenvalue weighted by atomic mass is 10.1. The van der Waals surface area contributed by atoms with E-state index in [1.54, 1.807) is 12.4 Å². The van der Waals surface area contributed by atoms with E-state index in [4.69, 9.17) is 11.6 Å². The molecule has 2 aromatic heterocycles. The van der Waals surface area contributed by atoms with Crippen molar-refractivity contribution in [2.45, 2.75) is 32.4 Å². The van der Waals surface area contributed by atoms with Crippen LogP contribution >= 0.6 is 11.6 Å². The summed E-state index contributed by atoms with van der Waals surface area (Å²) in [5.74, 6) is 0. The summed E-state index contributed by atoms with van der Waals surface area (Å²) >= 11 is 6.19. The second-order valence-electron chi connectivity index (χ2n) is 4.17. The minimum atomic E-state index is 0.173. The Labute approximate surface area is 112 Å². The van der Waals surface area contributed by atoms with Crippen LogP contribution in [0.1, 0.15) is 37.2 Å². The quantitative estimate of drug-likeness (QED) is 0.843. The second-order valence-corrected chi connectivity index (χ2v) is 4.58. The molecule has 2 heterocycles. The Morgan fingerprint density at radius 3 is 2.94 bits per heavy atom. The van der Waals surface area contributed by atoms with E-state index in [1.807, 2.05) is 18.2 Å². The molecule has 0 radical (unpaired) electrons. The fourth-order valence-electron chi connectivity index (χ4n) is 1.89. The van der Waals surface area contributed by atoms with Crippen molar-refractivity contribution in [3.8, 4) is 0 Å². The summed E-state index contributed by atoms with van der Waals surface area (Å²) in [6, 6.07) is 5.86. The number of aromatic amines is 1. The topological polar surface area (TPSA) is 53.6 Å². The largest absolute Gasteiger partial charge is 0.303 e. The molecule has 1 unspecified atom stereocenters. The lowest BCUT2D eigenvalue weighted by Gasteiger charge is -2.18. The molecule has 2 aromatic rings. The van der Waals surface area contributed by atoms with Crippen LogP contribution in [0.3, 0.4) is 0 Å². The molecule has 1 atom stereocenters. The van der Waals surface area contributed by atoms with Crippen LogP contribution in [0.5, 0.6) is 0 Å². The van der Waals surface area contributed by atoms with Crippen LogP contribution in [-0.4, -0.2) is 15.2 Å². The lowest BCUT2D eigenvalue weighted by Crippen LogP contribution is -2.22. The van der Waals surface area contributed by atoms with Gasteiger partial charge in [-0.15, -0.1) is 0 Å². The van der Waals surface area contributed by atoms with Crippen molar-refractivity contribution in [2.24, 2.45) is 0 Å². The average Bonchev–Trinajstić information content (AvgIpc) is 2.88. The molecule has 4 nitrogen and oxygen atoms in total. The van der Waals surface area contributed by atoms with Gasteiger partial charge in [0.25, 0.3) is 0 Å². The van der Waals surface area contributed by atoms with Crippen LogP contribution in [0, 0.1) is 0 Å². The van der Waals surface area contributed by atoms with Crippen LogP contribution in [0.25, 0.3) is 0 Å². The predicted octanol–water partition coefficient (Wildman–Crippen LogP) is 3.09. The van der Waals surface area contributed by atoms with Crippen molar-refractivity contribution in [3.05, 3.63) is 47.0 Å². The molecule has 2 N–H and O–H groups in total. The highest BCUT2D eigenvalue weighted by Gasteiger charge is 2.14. The van der Waals surface area contributed by atoms with Gasteiger partial charge in [0.05, 0.1) is 16.8 Å². The Bertz CT molecular complexity index is 470. The first-order chi connectivity index (χ1) is 8.81. The fraction of sp³-hybridized carbons (Fsp3) is 0.385. The number of hydrogen-bond acceptors (Lipinski definition) is 3. The second kappa shape index (κ2) is 6.52. The van der Waals surface area contributed by atoms with E-state index in [1.165, 1.54) is 0 Å². The van der Waals surface area contributed by atoms with Crippen molar-refractivity contribution in [1.82, 2.24) is 20.5 Å². The zero-order valence-electron chi connectivity index (χ0n) is 10.4. The lowest BCUT2D eigenvalue weighted by molar-refractivity contribution is 0.479. The van der Waals surface area contributed by atoms with E-state index >= 15 is 0 Å². The smallest absolute Gasteiger partial charge is 0.0759 e. The monoisotopic (exact) mass is 264 g/mol. The Morgan fingerprint density at radius 1 is 1.39 bits per heavy atom. The first-order valence-corrected chi connectivity index (χ1v) is 6.51. The molecular weight excluding hydrogens is 248 g/mol. The molecule has 0 bridgehead atoms. The Hall–Kier alpha value is -1.39. The van der Waals surface area contributed by atoms with Crippen molar-refractivity contribution < 1.29 is 0 Å². The van der Waals surface area contributed by atoms with E-state index in [-0.39, 0.29) is 6.04 Å². The van der Waals surface area contributed by atoms with Gasteiger partial charge in [-0.3, -0.25) is 10.1 Å². The number of H-pyrrole nitrogens is 1. The molecule has 0 fully saturated rings. The van der Waals surface area contributed by atoms with Gasteiger partial charge in [0.15, 0.2) is 0 Å². The van der Waals surface area contributed by atoms with E-state index in [2.05, 4.69) is 27.4 Å². The SMILES string of the molecule is CCCC(NCc1ccn[nH]1)c1ncccc1Cl. The van der Waals surface area contributed by atoms with Crippen LogP contribution in [0.4, 0.5) is 0 Å². The third-order valence-corrected chi connectivity index (χ3v) is 3.11. The van der Waals surface area contributed by atoms with Gasteiger partial charge in [0.1, 0.15) is 0 Å². The highest BCUT2D eigenvalue weighted by molar-refractivity contribution is 6.31. The fourth-order valence-corrected chi connectivity index (χ4v) is 2.15. The number of aromatic nitrogens is 3. The number of halogens is 1. The summed E-state index contributed by atoms with van der Waals surface area (Å²) in [7, 11) is 0. The summed E-state index contributed by atoms with van der Waals surface area (Å²) in [6.45, 7) is 2.89. The molecule has 0 aliphatic rings. The molecule has 0 aliphatic heterocycles. The number of nitrogens with zero attached hydrogens (tertiary/aromatic N) is 2. The van der Waals surface area contributed by atoms with Crippen molar-refractivity contribution in [3.63, 3.8) is 0 Å². The van der Waals surface area contributed by atoms with Gasteiger partial charge in [-0.1, -0.05) is 24.9 Å². The molecule has 0 spiro atoms. The highest BCUT2D eigenvalue weighted by Crippen LogP contribution is 2.23. The van der Waals surface area contributed by atoms with E-state index in [9.17, 15) is 0 Å². The predicted molar refractivity (Wildman–Crippen MR) is 72.3 cm³/mol. The average molecular weight is 265 g/mol. The van der Waals surface area contributed by atoms with Crippen LogP contribution in [0.15, 0.2) is 30.6 Å². The molecule has 96 valence electrons. The maximum atomic E-state index is 6.19. The van der Waals surface area contributed by atoms with Gasteiger partial charge in [-0.25, -0.2) is 0 Å². The Kier molecular flexibility index (Phi) is 4.73. The number of nitrogens with one attached hydrogen (secondary N) is 2. The minimum absolute atomic E-state index is 0.173. The molecule has 18 heavy (non-hydrogen) atoms. The Balaban J connectivity index is 2.06. The van der Waals surface area contributed by atoms with E-state index < -0.39 is 0 Å². The van der Waals surface area contributed by atoms with Crippen molar-refractivity contribution >= 4 is 11.6 Å². The highest BCUT2D eigenvalue weighted by atomic mass is 35.5. The van der Waals surface area contributed by atoms with Crippen LogP contribution in [-0.2, 0) is 6.54 Å². The number of hydrogen-bond donors (Lipinski definition) is 2. The van der Waals surface area contributed by atoms with E-state index in [0.717, 1.165) is 30.8 Å². The van der Waals surface area contributed by atoms with Gasteiger partial charge in [0.2, 0.25) is 0 Å². The van der Waals surface area contributed by atoms with Crippen molar-refractivity contribution in [2.75, 3.05) is 0 Å². The number of pyridine rings is 1. The van der Waals surface area contributed by atoms with Crippen LogP contribution < -0.4 is 5.32 Å². The van der Waals surface area contributed by atoms with Gasteiger partial charge in [-0.05, 0) is 24.6 Å². The van der Waals surface area contributed by atoms with Crippen molar-refractivity contribution in [1.29, 1.82) is 0 Å². The number of rotatable bonds is 6. The molecule has 0 aromatic carbocycles. The summed E-state index contributed by atoms with van der Waals surface area (Å²) in [4.78, 5) is 4.38. The molecule has 0 aliphatic carbocycles. The summed E-state index contributed by atoms with van der Waals surface area (Å²) in [6.07, 6.45) is 5.61. The molecule has 5 heteroatoms. The summed E-state index contributed by atoms with van der Waals surface area (Å²) in [5.41, 5.74) is 1.98. The van der Waals surface area contributed by atoms with Gasteiger partial charge >= 0.3 is 0 Å². The van der Waals surface area contributed by atoms with Gasteiger partial charge < -0.3 is 5.32 Å². The summed E-state index contributed by atoms with van der Waals surface area (Å²) in [5, 5.41) is 11.0. The first kappa shape index (κ1) is 13.1. The minimum Gasteiger partial charge on any atom is -0.303 e. The van der Waals surface area contributed by atoms with E-state index in [0.29, 0.717) is 5.02 Å². The zero-order chi connectivity index (χ0) is 12.8. The van der Waals surface area contributed by atoms with Gasteiger partial charge in [-0.2, -0.15) is 5.10 Å². The molecular formula is C13H17ClN4. The van der Waals surface area contributed by atoms with Gasteiger partial charge in [0, 0.05) is 24.6 Å². The zero-order valence-corrected chi connectivity index (χ0v) is 11.1. The molecule has 2 rings (SSSR count). The third-order valence-electron chi connectivity index (χ3n) is 2.79. The third kappa shape index (κ3) is 3.31. The maximum Gasteiger partial charge on any atom is 0.0759 e. The standard InChI is InChI=1S/C13H17ClN4/c1-2-4-12(13-11(14)5-3-7-15-13)16-9-10-6-8-17-18-10/h3,5-8,12,16H,2,4,9H2,1H3,(H,17,18). The van der Waals surface area contributed by atoms with Crippen LogP contribution in [0.2, 0.25) is 5.02 Å². The maximum absolute atomic E-state index is 6.19. The normalized spacial score (nSPS) is 12.6. The summed E-state index contributed by atoms with van der Waals surface area (Å²) < 4.78 is 0. The molecule has 0 saturated heterocycles. The Morgan fingerprint density at radius 2 is 2.28 bits per heavy atom. The molecule has 0 saturated carbocycles. The first-order valence-electron chi connectivity index (χ1n) is 6.13. The molecule has 0 amide bonds.